The number of nitrogens with one attached hydrogen (secondary N) is 1. The minimum Gasteiger partial charge on any atom is -0.477 e. The summed E-state index contributed by atoms with van der Waals surface area (Å²) in [6.07, 6.45) is 11.5. The maximum atomic E-state index is 12.7. The van der Waals surface area contributed by atoms with E-state index in [1.165, 1.54) is 38.5 Å². The van der Waals surface area contributed by atoms with E-state index in [-0.39, 0.29) is 5.91 Å². The summed E-state index contributed by atoms with van der Waals surface area (Å²) in [5, 5.41) is 18.5. The molecule has 2 aliphatic heterocycles. The molecule has 0 spiro atoms. The van der Waals surface area contributed by atoms with E-state index in [4.69, 9.17) is 10.7 Å². The van der Waals surface area contributed by atoms with Crippen LogP contribution in [0.15, 0.2) is 96.0 Å². The molecule has 0 unspecified atom stereocenters. The van der Waals surface area contributed by atoms with Gasteiger partial charge in [-0.3, -0.25) is 4.79 Å². The van der Waals surface area contributed by atoms with Crippen molar-refractivity contribution in [3.63, 3.8) is 0 Å². The van der Waals surface area contributed by atoms with E-state index in [1.54, 1.807) is 33.3 Å². The SMILES string of the molecule is Cc1cc(C(=O)Nc2ccccc2)n(Cc2csc(N3CCCCC3)n2)c1.Cc1cc(C(=O)O)n(Cc2csc(N3CCCCC3)n2)c1.Nc1ccccc1. The number of piperidine rings is 2. The molecule has 2 aromatic carbocycles. The number of carbonyl (C=O) groups excluding carboxylic acids is 1. The highest BCUT2D eigenvalue weighted by molar-refractivity contribution is 7.14. The van der Waals surface area contributed by atoms with Crippen LogP contribution in [0.1, 0.15) is 82.0 Å². The average molecular weight is 779 g/mol. The van der Waals surface area contributed by atoms with E-state index in [2.05, 4.69) is 25.5 Å². The molecule has 55 heavy (non-hydrogen) atoms. The van der Waals surface area contributed by atoms with E-state index in [1.807, 2.05) is 103 Å². The first-order valence-electron chi connectivity index (χ1n) is 18.8. The molecule has 4 aromatic heterocycles. The summed E-state index contributed by atoms with van der Waals surface area (Å²) in [5.74, 6) is -0.990. The molecular weight excluding hydrogens is 729 g/mol. The van der Waals surface area contributed by atoms with Crippen LogP contribution in [0, 0.1) is 13.8 Å². The van der Waals surface area contributed by atoms with Gasteiger partial charge < -0.3 is 35.1 Å². The lowest BCUT2D eigenvalue weighted by Crippen LogP contribution is -2.29. The number of rotatable bonds is 9. The summed E-state index contributed by atoms with van der Waals surface area (Å²) in [5.41, 5.74) is 11.9. The van der Waals surface area contributed by atoms with Crippen molar-refractivity contribution in [2.24, 2.45) is 0 Å². The predicted molar refractivity (Wildman–Crippen MR) is 225 cm³/mol. The number of amides is 1. The minimum atomic E-state index is -0.894. The fourth-order valence-corrected chi connectivity index (χ4v) is 8.40. The molecule has 13 heteroatoms. The Balaban J connectivity index is 0.000000162. The number of aromatic carboxylic acids is 1. The first-order chi connectivity index (χ1) is 26.7. The molecule has 2 fully saturated rings. The Morgan fingerprint density at radius 3 is 1.60 bits per heavy atom. The quantitative estimate of drug-likeness (QED) is 0.124. The van der Waals surface area contributed by atoms with Gasteiger partial charge in [0, 0.05) is 60.7 Å². The van der Waals surface area contributed by atoms with Crippen LogP contribution in [0.25, 0.3) is 0 Å². The lowest BCUT2D eigenvalue weighted by Gasteiger charge is -2.25. The summed E-state index contributed by atoms with van der Waals surface area (Å²) >= 11 is 3.35. The van der Waals surface area contributed by atoms with Crippen LogP contribution in [0.3, 0.4) is 0 Å². The number of carboxylic acids is 1. The second kappa shape index (κ2) is 19.3. The largest absolute Gasteiger partial charge is 0.477 e. The summed E-state index contributed by atoms with van der Waals surface area (Å²) in [4.78, 5) is 38.2. The maximum Gasteiger partial charge on any atom is 0.352 e. The molecule has 0 aliphatic carbocycles. The zero-order valence-corrected chi connectivity index (χ0v) is 33.2. The number of carbonyl (C=O) groups is 2. The molecule has 6 aromatic rings. The Hall–Kier alpha value is -5.40. The first-order valence-corrected chi connectivity index (χ1v) is 20.6. The van der Waals surface area contributed by atoms with Crippen LogP contribution in [0.2, 0.25) is 0 Å². The van der Waals surface area contributed by atoms with Crippen molar-refractivity contribution >= 4 is 56.2 Å². The van der Waals surface area contributed by atoms with E-state index < -0.39 is 5.97 Å². The number of nitrogens with two attached hydrogens (primary N) is 1. The van der Waals surface area contributed by atoms with E-state index >= 15 is 0 Å². The topological polar surface area (TPSA) is 135 Å². The summed E-state index contributed by atoms with van der Waals surface area (Å²) in [6, 6.07) is 22.7. The highest BCUT2D eigenvalue weighted by Crippen LogP contribution is 2.26. The molecule has 2 aliphatic rings. The van der Waals surface area contributed by atoms with Crippen molar-refractivity contribution in [2.45, 2.75) is 65.5 Å². The van der Waals surface area contributed by atoms with Crippen LogP contribution in [0.5, 0.6) is 0 Å². The monoisotopic (exact) mass is 778 g/mol. The molecule has 0 atom stereocenters. The summed E-state index contributed by atoms with van der Waals surface area (Å²) in [7, 11) is 0. The van der Waals surface area contributed by atoms with Gasteiger partial charge in [0.2, 0.25) is 0 Å². The number of para-hydroxylation sites is 2. The molecule has 4 N–H and O–H groups in total. The van der Waals surface area contributed by atoms with Gasteiger partial charge >= 0.3 is 5.97 Å². The molecule has 11 nitrogen and oxygen atoms in total. The van der Waals surface area contributed by atoms with Gasteiger partial charge in [-0.15, -0.1) is 22.7 Å². The number of hydrogen-bond acceptors (Lipinski definition) is 9. The number of thiazole rings is 2. The van der Waals surface area contributed by atoms with Gasteiger partial charge in [-0.25, -0.2) is 14.8 Å². The Kier molecular flexibility index (Phi) is 13.8. The third kappa shape index (κ3) is 11.3. The minimum absolute atomic E-state index is 0.0965. The van der Waals surface area contributed by atoms with Gasteiger partial charge in [0.25, 0.3) is 5.91 Å². The summed E-state index contributed by atoms with van der Waals surface area (Å²) < 4.78 is 3.75. The Morgan fingerprint density at radius 1 is 0.691 bits per heavy atom. The van der Waals surface area contributed by atoms with Crippen molar-refractivity contribution in [1.29, 1.82) is 0 Å². The van der Waals surface area contributed by atoms with Gasteiger partial charge in [0.05, 0.1) is 24.5 Å². The van der Waals surface area contributed by atoms with Crippen molar-refractivity contribution < 1.29 is 14.7 Å². The number of aromatic nitrogens is 4. The first kappa shape index (κ1) is 39.3. The van der Waals surface area contributed by atoms with Crippen molar-refractivity contribution in [3.8, 4) is 0 Å². The van der Waals surface area contributed by atoms with Gasteiger partial charge in [-0.1, -0.05) is 36.4 Å². The predicted octanol–water partition coefficient (Wildman–Crippen LogP) is 8.80. The number of aryl methyl sites for hydroxylation is 2. The van der Waals surface area contributed by atoms with Crippen LogP contribution < -0.4 is 20.9 Å². The fourth-order valence-electron chi connectivity index (χ4n) is 6.66. The summed E-state index contributed by atoms with van der Waals surface area (Å²) in [6.45, 7) is 9.39. The Bertz CT molecular complexity index is 2110. The molecule has 288 valence electrons. The van der Waals surface area contributed by atoms with Gasteiger partial charge in [-0.2, -0.15) is 0 Å². The molecule has 8 rings (SSSR count). The number of anilines is 4. The number of nitrogen functional groups attached to an aromatic ring is 1. The Labute approximate surface area is 331 Å². The van der Waals surface area contributed by atoms with E-state index in [0.717, 1.165) is 70.3 Å². The number of nitrogens with zero attached hydrogens (tertiary/aromatic N) is 6. The van der Waals surface area contributed by atoms with Crippen molar-refractivity contribution in [1.82, 2.24) is 19.1 Å². The number of hydrogen-bond donors (Lipinski definition) is 3. The van der Waals surface area contributed by atoms with Crippen LogP contribution in [0.4, 0.5) is 21.6 Å². The molecule has 0 bridgehead atoms. The lowest BCUT2D eigenvalue weighted by atomic mass is 10.1. The van der Waals surface area contributed by atoms with Gasteiger partial charge in [0.1, 0.15) is 11.4 Å². The van der Waals surface area contributed by atoms with Gasteiger partial charge in [0.15, 0.2) is 10.3 Å². The van der Waals surface area contributed by atoms with E-state index in [9.17, 15) is 14.7 Å². The van der Waals surface area contributed by atoms with Crippen LogP contribution in [-0.2, 0) is 13.1 Å². The van der Waals surface area contributed by atoms with Crippen molar-refractivity contribution in [2.75, 3.05) is 47.0 Å². The zero-order valence-electron chi connectivity index (χ0n) is 31.6. The molecular formula is C42H50N8O3S2. The second-order valence-electron chi connectivity index (χ2n) is 13.9. The highest BCUT2D eigenvalue weighted by Gasteiger charge is 2.18. The molecule has 6 heterocycles. The third-order valence-electron chi connectivity index (χ3n) is 9.35. The lowest BCUT2D eigenvalue weighted by molar-refractivity contribution is 0.0685. The highest BCUT2D eigenvalue weighted by atomic mass is 32.1. The number of carboxylic acid groups (broad SMARTS) is 1. The second-order valence-corrected chi connectivity index (χ2v) is 15.6. The molecule has 0 radical (unpaired) electrons. The number of benzene rings is 2. The molecule has 0 saturated carbocycles. The zero-order chi connectivity index (χ0) is 38.6. The van der Waals surface area contributed by atoms with Gasteiger partial charge in [-0.05, 0) is 99.9 Å². The van der Waals surface area contributed by atoms with Crippen LogP contribution >= 0.6 is 22.7 Å². The average Bonchev–Trinajstić information content (AvgIpc) is 4.02. The third-order valence-corrected chi connectivity index (χ3v) is 11.2. The normalized spacial score (nSPS) is 14.0. The van der Waals surface area contributed by atoms with Crippen LogP contribution in [-0.4, -0.2) is 62.3 Å². The van der Waals surface area contributed by atoms with Crippen molar-refractivity contribution in [3.05, 3.63) is 130 Å². The van der Waals surface area contributed by atoms with E-state index in [0.29, 0.717) is 24.5 Å². The maximum absolute atomic E-state index is 12.7. The fraction of sp³-hybridized carbons (Fsp3) is 0.333. The smallest absolute Gasteiger partial charge is 0.352 e. The molecule has 2 saturated heterocycles. The Morgan fingerprint density at radius 2 is 1.15 bits per heavy atom. The molecule has 1 amide bonds. The standard InChI is InChI=1S/C21H24N4OS.C15H19N3O2S.C6H7N/c1-16-12-19(20(26)22-17-8-4-2-5-9-17)25(13-16)14-18-15-27-21(23-18)24-10-6-3-7-11-24;1-11-7-13(14(19)20)18(8-11)9-12-10-21-15(16-12)17-5-3-2-4-6-17;7-6-4-2-1-3-5-6/h2,4-5,8-9,12-13,15H,3,6-7,10-11,14H2,1H3,(H,22,26);7-8,10H,2-6,9H2,1H3,(H,19,20);1-5H,7H2.